The number of aliphatic hydroxyl groups is 1. The maximum Gasteiger partial charge on any atom is 0.124 e. The Morgan fingerprint density at radius 1 is 1.23 bits per heavy atom. The van der Waals surface area contributed by atoms with Crippen LogP contribution in [0.3, 0.4) is 0 Å². The molecule has 13 heavy (non-hydrogen) atoms. The van der Waals surface area contributed by atoms with Crippen molar-refractivity contribution in [3.63, 3.8) is 0 Å². The van der Waals surface area contributed by atoms with Crippen LogP contribution in [0.5, 0.6) is 5.75 Å². The van der Waals surface area contributed by atoms with Crippen LogP contribution in [0.1, 0.15) is 29.7 Å². The number of hydrogen-bond donors (Lipinski definition) is 1. The Morgan fingerprint density at radius 2 is 1.69 bits per heavy atom. The summed E-state index contributed by atoms with van der Waals surface area (Å²) in [5.41, 5.74) is 3.08. The van der Waals surface area contributed by atoms with Crippen LogP contribution in [0.25, 0.3) is 0 Å². The Bertz CT molecular complexity index is 280. The van der Waals surface area contributed by atoms with Gasteiger partial charge in [-0.1, -0.05) is 0 Å². The average Bonchev–Trinajstić information content (AvgIpc) is 2.03. The Hall–Kier alpha value is -1.02. The molecule has 0 aliphatic carbocycles. The molecule has 2 heteroatoms. The molecule has 0 unspecified atom stereocenters. The van der Waals surface area contributed by atoms with Crippen molar-refractivity contribution in [3.8, 4) is 5.75 Å². The zero-order valence-electron chi connectivity index (χ0n) is 8.59. The van der Waals surface area contributed by atoms with Crippen molar-refractivity contribution in [2.75, 3.05) is 7.11 Å². The van der Waals surface area contributed by atoms with Crippen molar-refractivity contribution in [2.24, 2.45) is 0 Å². The van der Waals surface area contributed by atoms with Gasteiger partial charge in [-0.2, -0.15) is 0 Å². The van der Waals surface area contributed by atoms with Crippen LogP contribution in [0.4, 0.5) is 0 Å². The molecule has 0 aliphatic rings. The van der Waals surface area contributed by atoms with Crippen LogP contribution >= 0.6 is 0 Å². The monoisotopic (exact) mass is 180 g/mol. The largest absolute Gasteiger partial charge is 0.496 e. The molecule has 1 atom stereocenters. The number of hydrogen-bond acceptors (Lipinski definition) is 2. The highest BCUT2D eigenvalue weighted by Gasteiger charge is 2.07. The van der Waals surface area contributed by atoms with Crippen LogP contribution in [0, 0.1) is 13.8 Å². The molecule has 0 aliphatic heterocycles. The highest BCUT2D eigenvalue weighted by Crippen LogP contribution is 2.26. The first-order valence-electron chi connectivity index (χ1n) is 4.39. The Balaban J connectivity index is 3.20. The summed E-state index contributed by atoms with van der Waals surface area (Å²) >= 11 is 0. The van der Waals surface area contributed by atoms with Gasteiger partial charge in [0, 0.05) is 0 Å². The molecular formula is C11H16O2. The third-order valence-corrected chi connectivity index (χ3v) is 2.17. The summed E-state index contributed by atoms with van der Waals surface area (Å²) in [5, 5.41) is 9.40. The first kappa shape index (κ1) is 10.1. The number of rotatable bonds is 2. The summed E-state index contributed by atoms with van der Waals surface area (Å²) in [6.07, 6.45) is -0.414. The van der Waals surface area contributed by atoms with Gasteiger partial charge in [-0.05, 0) is 49.6 Å². The van der Waals surface area contributed by atoms with E-state index in [2.05, 4.69) is 0 Å². The fourth-order valence-corrected chi connectivity index (χ4v) is 1.55. The van der Waals surface area contributed by atoms with Crippen molar-refractivity contribution in [2.45, 2.75) is 26.9 Å². The topological polar surface area (TPSA) is 29.5 Å². The van der Waals surface area contributed by atoms with Crippen molar-refractivity contribution < 1.29 is 9.84 Å². The third-order valence-electron chi connectivity index (χ3n) is 2.17. The van der Waals surface area contributed by atoms with Crippen LogP contribution in [-0.4, -0.2) is 12.2 Å². The molecule has 1 aromatic carbocycles. The van der Waals surface area contributed by atoms with E-state index in [1.165, 1.54) is 0 Å². The minimum Gasteiger partial charge on any atom is -0.496 e. The predicted molar refractivity (Wildman–Crippen MR) is 53.1 cm³/mol. The molecule has 0 spiro atoms. The Morgan fingerprint density at radius 3 is 2.00 bits per heavy atom. The lowest BCUT2D eigenvalue weighted by Gasteiger charge is -2.12. The van der Waals surface area contributed by atoms with Gasteiger partial charge in [0.1, 0.15) is 5.75 Å². The summed E-state index contributed by atoms with van der Waals surface area (Å²) in [6, 6.07) is 3.91. The van der Waals surface area contributed by atoms with Crippen LogP contribution in [0.2, 0.25) is 0 Å². The van der Waals surface area contributed by atoms with Gasteiger partial charge < -0.3 is 9.84 Å². The summed E-state index contributed by atoms with van der Waals surface area (Å²) < 4.78 is 5.23. The first-order chi connectivity index (χ1) is 6.06. The van der Waals surface area contributed by atoms with E-state index in [1.54, 1.807) is 14.0 Å². The number of benzene rings is 1. The van der Waals surface area contributed by atoms with E-state index < -0.39 is 6.10 Å². The van der Waals surface area contributed by atoms with Crippen molar-refractivity contribution in [1.82, 2.24) is 0 Å². The molecule has 2 nitrogen and oxygen atoms in total. The molecule has 0 heterocycles. The smallest absolute Gasteiger partial charge is 0.124 e. The van der Waals surface area contributed by atoms with E-state index in [1.807, 2.05) is 26.0 Å². The molecule has 0 radical (unpaired) electrons. The van der Waals surface area contributed by atoms with E-state index in [0.29, 0.717) is 0 Å². The quantitative estimate of drug-likeness (QED) is 0.757. The lowest BCUT2D eigenvalue weighted by atomic mass is 10.0. The molecule has 0 amide bonds. The second-order valence-electron chi connectivity index (χ2n) is 3.36. The van der Waals surface area contributed by atoms with Gasteiger partial charge in [0.2, 0.25) is 0 Å². The van der Waals surface area contributed by atoms with E-state index in [4.69, 9.17) is 4.74 Å². The van der Waals surface area contributed by atoms with Crippen LogP contribution in [0.15, 0.2) is 12.1 Å². The van der Waals surface area contributed by atoms with Gasteiger partial charge in [0.05, 0.1) is 13.2 Å². The Kier molecular flexibility index (Phi) is 2.94. The molecule has 0 saturated heterocycles. The van der Waals surface area contributed by atoms with Gasteiger partial charge in [-0.15, -0.1) is 0 Å². The van der Waals surface area contributed by atoms with Gasteiger partial charge in [-0.25, -0.2) is 0 Å². The van der Waals surface area contributed by atoms with Crippen molar-refractivity contribution in [3.05, 3.63) is 28.8 Å². The summed E-state index contributed by atoms with van der Waals surface area (Å²) in [4.78, 5) is 0. The molecule has 72 valence electrons. The zero-order valence-corrected chi connectivity index (χ0v) is 8.59. The zero-order chi connectivity index (χ0) is 10.0. The standard InChI is InChI=1S/C11H16O2/c1-7-5-10(9(3)12)6-8(2)11(7)13-4/h5-6,9,12H,1-4H3/t9-/m0/s1. The second-order valence-corrected chi connectivity index (χ2v) is 3.36. The molecule has 1 aromatic rings. The van der Waals surface area contributed by atoms with E-state index in [9.17, 15) is 5.11 Å². The van der Waals surface area contributed by atoms with Crippen molar-refractivity contribution >= 4 is 0 Å². The summed E-state index contributed by atoms with van der Waals surface area (Å²) in [5.74, 6) is 0.907. The molecule has 0 bridgehead atoms. The molecular weight excluding hydrogens is 164 g/mol. The third kappa shape index (κ3) is 2.01. The number of methoxy groups -OCH3 is 1. The van der Waals surface area contributed by atoms with Crippen LogP contribution in [-0.2, 0) is 0 Å². The maximum absolute atomic E-state index is 9.40. The highest BCUT2D eigenvalue weighted by atomic mass is 16.5. The summed E-state index contributed by atoms with van der Waals surface area (Å²) in [6.45, 7) is 5.73. The lowest BCUT2D eigenvalue weighted by Crippen LogP contribution is -1.96. The second kappa shape index (κ2) is 3.79. The normalized spacial score (nSPS) is 12.7. The van der Waals surface area contributed by atoms with E-state index in [-0.39, 0.29) is 0 Å². The minimum atomic E-state index is -0.414. The number of ether oxygens (including phenoxy) is 1. The molecule has 0 fully saturated rings. The van der Waals surface area contributed by atoms with Gasteiger partial charge in [-0.3, -0.25) is 0 Å². The van der Waals surface area contributed by atoms with Gasteiger partial charge in [0.25, 0.3) is 0 Å². The van der Waals surface area contributed by atoms with Gasteiger partial charge in [0.15, 0.2) is 0 Å². The summed E-state index contributed by atoms with van der Waals surface area (Å²) in [7, 11) is 1.66. The molecule has 0 saturated carbocycles. The van der Waals surface area contributed by atoms with Gasteiger partial charge >= 0.3 is 0 Å². The maximum atomic E-state index is 9.40. The number of aliphatic hydroxyl groups excluding tert-OH is 1. The minimum absolute atomic E-state index is 0.414. The average molecular weight is 180 g/mol. The predicted octanol–water partition coefficient (Wildman–Crippen LogP) is 2.37. The fourth-order valence-electron chi connectivity index (χ4n) is 1.55. The van der Waals surface area contributed by atoms with Crippen molar-refractivity contribution in [1.29, 1.82) is 0 Å². The Labute approximate surface area is 79.2 Å². The highest BCUT2D eigenvalue weighted by molar-refractivity contribution is 5.43. The SMILES string of the molecule is COc1c(C)cc([C@H](C)O)cc1C. The molecule has 1 rings (SSSR count). The lowest BCUT2D eigenvalue weighted by molar-refractivity contribution is 0.199. The molecule has 0 aromatic heterocycles. The number of aryl methyl sites for hydroxylation is 2. The van der Waals surface area contributed by atoms with E-state index in [0.717, 1.165) is 22.4 Å². The van der Waals surface area contributed by atoms with E-state index >= 15 is 0 Å². The molecule has 1 N–H and O–H groups in total. The fraction of sp³-hybridized carbons (Fsp3) is 0.455. The van der Waals surface area contributed by atoms with Crippen LogP contribution < -0.4 is 4.74 Å². The first-order valence-corrected chi connectivity index (χ1v) is 4.39.